The van der Waals surface area contributed by atoms with Crippen molar-refractivity contribution in [2.45, 2.75) is 45.3 Å². The van der Waals surface area contributed by atoms with E-state index in [0.717, 1.165) is 0 Å². The molecule has 1 fully saturated rings. The number of likely N-dealkylation sites (tertiary alicyclic amines) is 1. The fourth-order valence-electron chi connectivity index (χ4n) is 2.07. The van der Waals surface area contributed by atoms with E-state index in [2.05, 4.69) is 0 Å². The molecule has 100 valence electrons. The molecule has 0 unspecified atom stereocenters. The van der Waals surface area contributed by atoms with Gasteiger partial charge in [-0.1, -0.05) is 0 Å². The molecule has 0 aliphatic carbocycles. The molecule has 0 spiro atoms. The van der Waals surface area contributed by atoms with Crippen LogP contribution in [-0.2, 0) is 4.74 Å². The molecule has 0 aromatic heterocycles. The summed E-state index contributed by atoms with van der Waals surface area (Å²) in [5, 5.41) is 10.2. The maximum absolute atomic E-state index is 11.9. The SMILES string of the molecule is CC(C)(C)OC(=O)N1CC[C@@H](CN)[C@@](C)(O)C1. The highest BCUT2D eigenvalue weighted by molar-refractivity contribution is 5.68. The predicted octanol–water partition coefficient (Wildman–Crippen LogP) is 0.953. The zero-order valence-corrected chi connectivity index (χ0v) is 11.2. The molecule has 1 saturated heterocycles. The third-order valence-electron chi connectivity index (χ3n) is 3.07. The molecule has 5 heteroatoms. The van der Waals surface area contributed by atoms with Crippen LogP contribution < -0.4 is 5.73 Å². The Balaban J connectivity index is 2.62. The van der Waals surface area contributed by atoms with Gasteiger partial charge in [0.25, 0.3) is 0 Å². The number of nitrogens with zero attached hydrogens (tertiary/aromatic N) is 1. The predicted molar refractivity (Wildman–Crippen MR) is 65.6 cm³/mol. The zero-order chi connectivity index (χ0) is 13.3. The van der Waals surface area contributed by atoms with Crippen molar-refractivity contribution in [3.05, 3.63) is 0 Å². The fourth-order valence-corrected chi connectivity index (χ4v) is 2.07. The summed E-state index contributed by atoms with van der Waals surface area (Å²) >= 11 is 0. The second-order valence-corrected chi connectivity index (χ2v) is 5.98. The van der Waals surface area contributed by atoms with Gasteiger partial charge in [0.15, 0.2) is 0 Å². The van der Waals surface area contributed by atoms with E-state index >= 15 is 0 Å². The van der Waals surface area contributed by atoms with Crippen molar-refractivity contribution >= 4 is 6.09 Å². The van der Waals surface area contributed by atoms with E-state index in [1.807, 2.05) is 20.8 Å². The summed E-state index contributed by atoms with van der Waals surface area (Å²) < 4.78 is 5.28. The molecule has 0 bridgehead atoms. The van der Waals surface area contributed by atoms with Crippen molar-refractivity contribution < 1.29 is 14.6 Å². The van der Waals surface area contributed by atoms with Crippen LogP contribution >= 0.6 is 0 Å². The minimum Gasteiger partial charge on any atom is -0.444 e. The van der Waals surface area contributed by atoms with E-state index < -0.39 is 11.2 Å². The van der Waals surface area contributed by atoms with Gasteiger partial charge in [0.1, 0.15) is 5.60 Å². The number of hydrogen-bond acceptors (Lipinski definition) is 4. The molecule has 0 saturated carbocycles. The second-order valence-electron chi connectivity index (χ2n) is 5.98. The third kappa shape index (κ3) is 3.85. The van der Waals surface area contributed by atoms with Crippen molar-refractivity contribution in [2.24, 2.45) is 11.7 Å². The summed E-state index contributed by atoms with van der Waals surface area (Å²) in [6, 6.07) is 0. The van der Waals surface area contributed by atoms with E-state index in [9.17, 15) is 9.90 Å². The van der Waals surface area contributed by atoms with E-state index in [1.165, 1.54) is 0 Å². The van der Waals surface area contributed by atoms with Gasteiger partial charge >= 0.3 is 6.09 Å². The summed E-state index contributed by atoms with van der Waals surface area (Å²) in [7, 11) is 0. The summed E-state index contributed by atoms with van der Waals surface area (Å²) in [5.41, 5.74) is 4.17. The fraction of sp³-hybridized carbons (Fsp3) is 0.917. The van der Waals surface area contributed by atoms with Crippen LogP contribution in [0, 0.1) is 5.92 Å². The van der Waals surface area contributed by atoms with Crippen LogP contribution in [0.4, 0.5) is 4.79 Å². The summed E-state index contributed by atoms with van der Waals surface area (Å²) in [6.45, 7) is 8.52. The standard InChI is InChI=1S/C12H24N2O3/c1-11(2,3)17-10(15)14-6-5-9(7-13)12(4,16)8-14/h9,16H,5-8,13H2,1-4H3/t9-,12-/m0/s1. The lowest BCUT2D eigenvalue weighted by Gasteiger charge is -2.42. The average Bonchev–Trinajstić information content (AvgIpc) is 2.13. The first-order valence-corrected chi connectivity index (χ1v) is 6.06. The molecular weight excluding hydrogens is 220 g/mol. The smallest absolute Gasteiger partial charge is 0.410 e. The van der Waals surface area contributed by atoms with Crippen LogP contribution in [-0.4, -0.2) is 46.9 Å². The van der Waals surface area contributed by atoms with Gasteiger partial charge in [-0.15, -0.1) is 0 Å². The molecular formula is C12H24N2O3. The molecule has 3 N–H and O–H groups in total. The molecule has 1 heterocycles. The number of β-amino-alcohol motifs (C(OH)–C–C–N with tert-alkyl or cyclic N) is 1. The minimum absolute atomic E-state index is 0.0428. The highest BCUT2D eigenvalue weighted by atomic mass is 16.6. The highest BCUT2D eigenvalue weighted by Crippen LogP contribution is 2.27. The lowest BCUT2D eigenvalue weighted by molar-refractivity contribution is -0.0651. The van der Waals surface area contributed by atoms with Gasteiger partial charge < -0.3 is 20.5 Å². The highest BCUT2D eigenvalue weighted by Gasteiger charge is 2.39. The van der Waals surface area contributed by atoms with Gasteiger partial charge in [0, 0.05) is 12.5 Å². The van der Waals surface area contributed by atoms with Gasteiger partial charge in [-0.3, -0.25) is 0 Å². The van der Waals surface area contributed by atoms with Gasteiger partial charge in [0.05, 0.1) is 12.1 Å². The lowest BCUT2D eigenvalue weighted by Crippen LogP contribution is -2.56. The Hall–Kier alpha value is -0.810. The summed E-state index contributed by atoms with van der Waals surface area (Å²) in [5.74, 6) is 0.0428. The zero-order valence-electron chi connectivity index (χ0n) is 11.2. The number of aliphatic hydroxyl groups is 1. The molecule has 0 aromatic carbocycles. The molecule has 1 rings (SSSR count). The van der Waals surface area contributed by atoms with Crippen molar-refractivity contribution in [1.82, 2.24) is 4.90 Å². The molecule has 0 aromatic rings. The topological polar surface area (TPSA) is 75.8 Å². The van der Waals surface area contributed by atoms with E-state index in [0.29, 0.717) is 19.5 Å². The van der Waals surface area contributed by atoms with E-state index in [-0.39, 0.29) is 18.6 Å². The molecule has 2 atom stereocenters. The van der Waals surface area contributed by atoms with Crippen LogP contribution in [0.25, 0.3) is 0 Å². The largest absolute Gasteiger partial charge is 0.444 e. The minimum atomic E-state index is -0.927. The number of rotatable bonds is 1. The van der Waals surface area contributed by atoms with Crippen LogP contribution in [0.2, 0.25) is 0 Å². The molecule has 5 nitrogen and oxygen atoms in total. The van der Waals surface area contributed by atoms with E-state index in [1.54, 1.807) is 11.8 Å². The monoisotopic (exact) mass is 244 g/mol. The third-order valence-corrected chi connectivity index (χ3v) is 3.07. The molecule has 1 amide bonds. The van der Waals surface area contributed by atoms with E-state index in [4.69, 9.17) is 10.5 Å². The van der Waals surface area contributed by atoms with Gasteiger partial charge in [0.2, 0.25) is 0 Å². The Labute approximate surface area is 103 Å². The molecule has 0 radical (unpaired) electrons. The first-order chi connectivity index (χ1) is 7.65. The van der Waals surface area contributed by atoms with Gasteiger partial charge in [-0.05, 0) is 40.7 Å². The van der Waals surface area contributed by atoms with Crippen LogP contribution in [0.1, 0.15) is 34.1 Å². The first kappa shape index (κ1) is 14.3. The first-order valence-electron chi connectivity index (χ1n) is 6.06. The number of nitrogens with two attached hydrogens (primary N) is 1. The quantitative estimate of drug-likeness (QED) is 0.720. The molecule has 17 heavy (non-hydrogen) atoms. The average molecular weight is 244 g/mol. The Morgan fingerprint density at radius 2 is 2.18 bits per heavy atom. The number of amides is 1. The Morgan fingerprint density at radius 1 is 1.59 bits per heavy atom. The number of carbonyl (C=O) groups is 1. The lowest BCUT2D eigenvalue weighted by atomic mass is 9.83. The van der Waals surface area contributed by atoms with Crippen LogP contribution in [0.3, 0.4) is 0 Å². The Kier molecular flexibility index (Phi) is 4.04. The van der Waals surface area contributed by atoms with Crippen molar-refractivity contribution in [3.63, 3.8) is 0 Å². The number of ether oxygens (including phenoxy) is 1. The normalized spacial score (nSPS) is 30.2. The number of carbonyl (C=O) groups excluding carboxylic acids is 1. The van der Waals surface area contributed by atoms with Crippen LogP contribution in [0.5, 0.6) is 0 Å². The number of hydrogen-bond donors (Lipinski definition) is 2. The summed E-state index contributed by atoms with van der Waals surface area (Å²) in [4.78, 5) is 13.4. The maximum Gasteiger partial charge on any atom is 0.410 e. The molecule has 1 aliphatic rings. The molecule has 1 aliphatic heterocycles. The van der Waals surface area contributed by atoms with Crippen molar-refractivity contribution in [3.8, 4) is 0 Å². The second kappa shape index (κ2) is 4.82. The van der Waals surface area contributed by atoms with Gasteiger partial charge in [-0.25, -0.2) is 4.79 Å². The Morgan fingerprint density at radius 3 is 2.59 bits per heavy atom. The van der Waals surface area contributed by atoms with Crippen molar-refractivity contribution in [2.75, 3.05) is 19.6 Å². The Bertz CT molecular complexity index is 284. The summed E-state index contributed by atoms with van der Waals surface area (Å²) in [6.07, 6.45) is 0.344. The van der Waals surface area contributed by atoms with Crippen molar-refractivity contribution in [1.29, 1.82) is 0 Å². The van der Waals surface area contributed by atoms with Gasteiger partial charge in [-0.2, -0.15) is 0 Å². The number of piperidine rings is 1. The van der Waals surface area contributed by atoms with Crippen LogP contribution in [0.15, 0.2) is 0 Å². The maximum atomic E-state index is 11.9.